The summed E-state index contributed by atoms with van der Waals surface area (Å²) in [7, 11) is 0. The Bertz CT molecular complexity index is 1170. The molecule has 0 spiro atoms. The van der Waals surface area contributed by atoms with Crippen molar-refractivity contribution >= 4 is 51.9 Å². The van der Waals surface area contributed by atoms with Crippen LogP contribution in [0.5, 0.6) is 0 Å². The number of aromatic nitrogens is 1. The third-order valence-electron chi connectivity index (χ3n) is 5.82. The van der Waals surface area contributed by atoms with E-state index in [1.807, 2.05) is 66.9 Å². The Labute approximate surface area is 214 Å². The number of carbonyl (C=O) groups is 1. The topological polar surface area (TPSA) is 57.3 Å². The fourth-order valence-corrected chi connectivity index (χ4v) is 5.31. The number of nitrogens with one attached hydrogen (secondary N) is 2. The Morgan fingerprint density at radius 2 is 1.94 bits per heavy atom. The van der Waals surface area contributed by atoms with Crippen molar-refractivity contribution in [2.45, 2.75) is 25.7 Å². The number of benzene rings is 2. The van der Waals surface area contributed by atoms with E-state index >= 15 is 0 Å². The van der Waals surface area contributed by atoms with Crippen molar-refractivity contribution in [2.75, 3.05) is 25.0 Å². The molecule has 1 fully saturated rings. The average molecular weight is 511 g/mol. The predicted molar refractivity (Wildman–Crippen MR) is 146 cm³/mol. The molecule has 34 heavy (non-hydrogen) atoms. The summed E-state index contributed by atoms with van der Waals surface area (Å²) in [5.41, 5.74) is 3.13. The first-order chi connectivity index (χ1) is 16.5. The van der Waals surface area contributed by atoms with Crippen molar-refractivity contribution in [2.24, 2.45) is 0 Å². The SMILES string of the molecule is CC=CCNC(=S)N1CCC(c2nc(C(=O)Nc3ccccc3-c3ccc(Cl)cc3)cs2)CC1. The Balaban J connectivity index is 1.38. The molecule has 0 unspecified atom stereocenters. The summed E-state index contributed by atoms with van der Waals surface area (Å²) in [6, 6.07) is 15.3. The summed E-state index contributed by atoms with van der Waals surface area (Å²) in [6.07, 6.45) is 6.00. The van der Waals surface area contributed by atoms with Crippen LogP contribution in [-0.4, -0.2) is 40.5 Å². The normalized spacial score (nSPS) is 14.4. The van der Waals surface area contributed by atoms with Gasteiger partial charge in [0.25, 0.3) is 5.91 Å². The molecular formula is C26H27ClN4OS2. The van der Waals surface area contributed by atoms with Crippen molar-refractivity contribution in [3.8, 4) is 11.1 Å². The van der Waals surface area contributed by atoms with Gasteiger partial charge >= 0.3 is 0 Å². The summed E-state index contributed by atoms with van der Waals surface area (Å²) in [4.78, 5) is 19.9. The van der Waals surface area contributed by atoms with Crippen LogP contribution in [0.15, 0.2) is 66.1 Å². The number of rotatable bonds is 6. The summed E-state index contributed by atoms with van der Waals surface area (Å²) in [5.74, 6) is 0.151. The highest BCUT2D eigenvalue weighted by atomic mass is 35.5. The minimum atomic E-state index is -0.198. The van der Waals surface area contributed by atoms with Gasteiger partial charge in [0.05, 0.1) is 5.01 Å². The number of thiocarbonyl (C=S) groups is 1. The van der Waals surface area contributed by atoms with Crippen LogP contribution in [0.4, 0.5) is 5.69 Å². The molecule has 0 saturated carbocycles. The minimum absolute atomic E-state index is 0.198. The first-order valence-electron chi connectivity index (χ1n) is 11.3. The molecule has 5 nitrogen and oxygen atoms in total. The number of nitrogens with zero attached hydrogens (tertiary/aromatic N) is 2. The van der Waals surface area contributed by atoms with Gasteiger partial charge in [0.2, 0.25) is 0 Å². The maximum atomic E-state index is 13.0. The number of hydrogen-bond donors (Lipinski definition) is 2. The molecule has 2 N–H and O–H groups in total. The number of hydrogen-bond acceptors (Lipinski definition) is 4. The zero-order valence-electron chi connectivity index (χ0n) is 19.0. The highest BCUT2D eigenvalue weighted by Gasteiger charge is 2.25. The van der Waals surface area contributed by atoms with Crippen LogP contribution in [0.2, 0.25) is 5.02 Å². The van der Waals surface area contributed by atoms with Gasteiger partial charge in [-0.3, -0.25) is 4.79 Å². The molecule has 0 atom stereocenters. The average Bonchev–Trinajstić information content (AvgIpc) is 3.36. The standard InChI is InChI=1S/C26H27ClN4OS2/c1-2-3-14-28-26(33)31-15-12-19(13-16-31)25-30-23(17-34-25)24(32)29-22-7-5-4-6-21(22)18-8-10-20(27)11-9-18/h2-11,17,19H,12-16H2,1H3,(H,28,33)(H,29,32). The second kappa shape index (κ2) is 11.6. The second-order valence-electron chi connectivity index (χ2n) is 8.09. The van der Waals surface area contributed by atoms with Gasteiger partial charge in [-0.15, -0.1) is 11.3 Å². The third kappa shape index (κ3) is 6.03. The van der Waals surface area contributed by atoms with E-state index in [1.54, 1.807) is 11.3 Å². The van der Waals surface area contributed by atoms with Crippen LogP contribution < -0.4 is 10.6 Å². The van der Waals surface area contributed by atoms with Crippen molar-refractivity contribution < 1.29 is 4.79 Å². The molecule has 4 rings (SSSR count). The fourth-order valence-electron chi connectivity index (χ4n) is 3.94. The summed E-state index contributed by atoms with van der Waals surface area (Å²) < 4.78 is 0. The molecule has 8 heteroatoms. The van der Waals surface area contributed by atoms with Crippen LogP contribution in [0, 0.1) is 0 Å². The highest BCUT2D eigenvalue weighted by molar-refractivity contribution is 7.80. The molecular weight excluding hydrogens is 484 g/mol. The van der Waals surface area contributed by atoms with Crippen molar-refractivity contribution in [3.05, 3.63) is 81.8 Å². The van der Waals surface area contributed by atoms with Crippen LogP contribution >= 0.6 is 35.2 Å². The minimum Gasteiger partial charge on any atom is -0.359 e. The van der Waals surface area contributed by atoms with Crippen LogP contribution in [0.3, 0.4) is 0 Å². The predicted octanol–water partition coefficient (Wildman–Crippen LogP) is 6.35. The maximum Gasteiger partial charge on any atom is 0.275 e. The maximum absolute atomic E-state index is 13.0. The van der Waals surface area contributed by atoms with Gasteiger partial charge in [0.1, 0.15) is 5.69 Å². The van der Waals surface area contributed by atoms with E-state index < -0.39 is 0 Å². The van der Waals surface area contributed by atoms with Crippen molar-refractivity contribution in [1.29, 1.82) is 0 Å². The van der Waals surface area contributed by atoms with Crippen molar-refractivity contribution in [3.63, 3.8) is 0 Å². The summed E-state index contributed by atoms with van der Waals surface area (Å²) >= 11 is 13.1. The molecule has 1 saturated heterocycles. The Morgan fingerprint density at radius 3 is 2.68 bits per heavy atom. The number of likely N-dealkylation sites (tertiary alicyclic amines) is 1. The molecule has 1 aliphatic rings. The number of carbonyl (C=O) groups excluding carboxylic acids is 1. The number of thiazole rings is 1. The molecule has 1 amide bonds. The molecule has 0 radical (unpaired) electrons. The van der Waals surface area contributed by atoms with Gasteiger partial charge in [-0.25, -0.2) is 4.98 Å². The van der Waals surface area contributed by atoms with Gasteiger partial charge in [-0.05, 0) is 55.7 Å². The molecule has 176 valence electrons. The number of halogens is 1. The molecule has 0 aliphatic carbocycles. The summed E-state index contributed by atoms with van der Waals surface area (Å²) in [6.45, 7) is 4.53. The van der Waals surface area contributed by atoms with E-state index in [-0.39, 0.29) is 5.91 Å². The Morgan fingerprint density at radius 1 is 1.21 bits per heavy atom. The van der Waals surface area contributed by atoms with E-state index in [1.165, 1.54) is 0 Å². The lowest BCUT2D eigenvalue weighted by Gasteiger charge is -2.33. The molecule has 1 aliphatic heterocycles. The van der Waals surface area contributed by atoms with E-state index in [9.17, 15) is 4.79 Å². The summed E-state index contributed by atoms with van der Waals surface area (Å²) in [5, 5.41) is 10.7. The van der Waals surface area contributed by atoms with E-state index in [0.717, 1.165) is 59.4 Å². The van der Waals surface area contributed by atoms with Crippen LogP contribution in [-0.2, 0) is 0 Å². The molecule has 2 heterocycles. The van der Waals surface area contributed by atoms with E-state index in [2.05, 4.69) is 26.6 Å². The highest BCUT2D eigenvalue weighted by Crippen LogP contribution is 2.32. The number of para-hydroxylation sites is 1. The van der Waals surface area contributed by atoms with Gasteiger partial charge in [-0.2, -0.15) is 0 Å². The lowest BCUT2D eigenvalue weighted by molar-refractivity contribution is 0.102. The zero-order chi connectivity index (χ0) is 23.9. The molecule has 0 bridgehead atoms. The fraction of sp³-hybridized carbons (Fsp3) is 0.269. The van der Waals surface area contributed by atoms with E-state index in [4.69, 9.17) is 23.8 Å². The van der Waals surface area contributed by atoms with Gasteiger partial charge in [0, 0.05) is 47.2 Å². The largest absolute Gasteiger partial charge is 0.359 e. The van der Waals surface area contributed by atoms with Gasteiger partial charge in [0.15, 0.2) is 5.11 Å². The molecule has 2 aromatic carbocycles. The molecule has 1 aromatic heterocycles. The monoisotopic (exact) mass is 510 g/mol. The van der Waals surface area contributed by atoms with Gasteiger partial charge in [-0.1, -0.05) is 54.1 Å². The lowest BCUT2D eigenvalue weighted by Crippen LogP contribution is -2.43. The first kappa shape index (κ1) is 24.4. The Hall–Kier alpha value is -2.74. The number of allylic oxidation sites excluding steroid dienone is 1. The van der Waals surface area contributed by atoms with Crippen molar-refractivity contribution in [1.82, 2.24) is 15.2 Å². The smallest absolute Gasteiger partial charge is 0.275 e. The third-order valence-corrected chi connectivity index (χ3v) is 7.49. The first-order valence-corrected chi connectivity index (χ1v) is 13.0. The second-order valence-corrected chi connectivity index (χ2v) is 9.81. The molecule has 3 aromatic rings. The Kier molecular flexibility index (Phi) is 8.32. The zero-order valence-corrected chi connectivity index (χ0v) is 21.3. The lowest BCUT2D eigenvalue weighted by atomic mass is 9.98. The number of amides is 1. The van der Waals surface area contributed by atoms with Crippen LogP contribution in [0.25, 0.3) is 11.1 Å². The van der Waals surface area contributed by atoms with Crippen LogP contribution in [0.1, 0.15) is 41.2 Å². The van der Waals surface area contributed by atoms with E-state index in [0.29, 0.717) is 16.6 Å². The quantitative estimate of drug-likeness (QED) is 0.299. The number of anilines is 1. The van der Waals surface area contributed by atoms with Gasteiger partial charge < -0.3 is 15.5 Å². The number of piperidine rings is 1.